The van der Waals surface area contributed by atoms with E-state index in [1.807, 2.05) is 0 Å². The highest BCUT2D eigenvalue weighted by atomic mass is 35.5. The third kappa shape index (κ3) is 2.68. The van der Waals surface area contributed by atoms with Gasteiger partial charge in [0.2, 0.25) is 0 Å². The maximum atomic E-state index is 14.4. The van der Waals surface area contributed by atoms with E-state index in [-0.39, 0.29) is 16.3 Å². The number of pyridine rings is 1. The summed E-state index contributed by atoms with van der Waals surface area (Å²) < 4.78 is 19.2. The van der Waals surface area contributed by atoms with Crippen LogP contribution in [0.25, 0.3) is 26.9 Å². The number of hydrogen-bond donors (Lipinski definition) is 0. The molecule has 1 aromatic heterocycles. The van der Waals surface area contributed by atoms with Crippen molar-refractivity contribution in [2.45, 2.75) is 0 Å². The topological polar surface area (TPSA) is 43.5 Å². The SMILES string of the molecule is [C-]#[N+]c1ccc(-c2c(Cl)cnc3ccc(C(=O)OC)cc23)c(F)c1. The first-order valence-electron chi connectivity index (χ1n) is 6.89. The van der Waals surface area contributed by atoms with E-state index < -0.39 is 11.8 Å². The number of nitrogens with zero attached hydrogens (tertiary/aromatic N) is 2. The van der Waals surface area contributed by atoms with E-state index in [4.69, 9.17) is 22.9 Å². The van der Waals surface area contributed by atoms with Gasteiger partial charge >= 0.3 is 5.97 Å². The van der Waals surface area contributed by atoms with Crippen LogP contribution in [0.2, 0.25) is 5.02 Å². The van der Waals surface area contributed by atoms with Crippen molar-refractivity contribution in [3.05, 3.63) is 70.4 Å². The average molecular weight is 341 g/mol. The molecule has 0 bridgehead atoms. The molecular formula is C18H10ClFN2O2. The quantitative estimate of drug-likeness (QED) is 0.485. The first-order valence-corrected chi connectivity index (χ1v) is 7.27. The second kappa shape index (κ2) is 6.26. The largest absolute Gasteiger partial charge is 0.465 e. The standard InChI is InChI=1S/C18H10ClFN2O2/c1-21-11-4-5-12(15(20)8-11)17-13-7-10(18(23)24-2)3-6-16(13)22-9-14(17)19/h3-9H,2H3. The molecule has 3 aromatic rings. The highest BCUT2D eigenvalue weighted by Gasteiger charge is 2.16. The summed E-state index contributed by atoms with van der Waals surface area (Å²) in [7, 11) is 1.28. The molecule has 0 amide bonds. The summed E-state index contributed by atoms with van der Waals surface area (Å²) in [4.78, 5) is 19.2. The van der Waals surface area contributed by atoms with E-state index in [1.165, 1.54) is 25.4 Å². The van der Waals surface area contributed by atoms with E-state index in [1.54, 1.807) is 18.2 Å². The zero-order valence-electron chi connectivity index (χ0n) is 12.5. The minimum Gasteiger partial charge on any atom is -0.465 e. The van der Waals surface area contributed by atoms with E-state index in [2.05, 4.69) is 9.83 Å². The number of hydrogen-bond acceptors (Lipinski definition) is 3. The van der Waals surface area contributed by atoms with Crippen LogP contribution in [0.1, 0.15) is 10.4 Å². The molecule has 24 heavy (non-hydrogen) atoms. The van der Waals surface area contributed by atoms with Crippen molar-refractivity contribution >= 4 is 34.2 Å². The summed E-state index contributed by atoms with van der Waals surface area (Å²) in [5.74, 6) is -1.08. The van der Waals surface area contributed by atoms with Gasteiger partial charge < -0.3 is 4.74 Å². The van der Waals surface area contributed by atoms with Crippen molar-refractivity contribution in [3.8, 4) is 11.1 Å². The maximum Gasteiger partial charge on any atom is 0.337 e. The first kappa shape index (κ1) is 15.9. The summed E-state index contributed by atoms with van der Waals surface area (Å²) >= 11 is 6.24. The van der Waals surface area contributed by atoms with Crippen LogP contribution in [0.4, 0.5) is 10.1 Å². The summed E-state index contributed by atoms with van der Waals surface area (Å²) in [6, 6.07) is 8.95. The van der Waals surface area contributed by atoms with Gasteiger partial charge in [0.15, 0.2) is 5.69 Å². The lowest BCUT2D eigenvalue weighted by Gasteiger charge is -2.11. The zero-order chi connectivity index (χ0) is 17.3. The van der Waals surface area contributed by atoms with Gasteiger partial charge in [-0.3, -0.25) is 4.98 Å². The zero-order valence-corrected chi connectivity index (χ0v) is 13.3. The molecule has 0 radical (unpaired) electrons. The highest BCUT2D eigenvalue weighted by molar-refractivity contribution is 6.34. The monoisotopic (exact) mass is 340 g/mol. The number of halogens is 2. The van der Waals surface area contributed by atoms with Gasteiger partial charge in [0.25, 0.3) is 0 Å². The Morgan fingerprint density at radius 2 is 2.08 bits per heavy atom. The third-order valence-electron chi connectivity index (χ3n) is 3.59. The van der Waals surface area contributed by atoms with Gasteiger partial charge in [0.1, 0.15) is 5.82 Å². The fourth-order valence-electron chi connectivity index (χ4n) is 2.46. The average Bonchev–Trinajstić information content (AvgIpc) is 2.61. The van der Waals surface area contributed by atoms with E-state index in [0.717, 1.165) is 6.07 Å². The second-order valence-electron chi connectivity index (χ2n) is 4.98. The van der Waals surface area contributed by atoms with Crippen molar-refractivity contribution in [2.24, 2.45) is 0 Å². The molecule has 118 valence electrons. The molecular weight excluding hydrogens is 331 g/mol. The van der Waals surface area contributed by atoms with Crippen LogP contribution in [0.15, 0.2) is 42.6 Å². The van der Waals surface area contributed by atoms with Gasteiger partial charge in [-0.15, -0.1) is 0 Å². The van der Waals surface area contributed by atoms with Crippen molar-refractivity contribution in [1.29, 1.82) is 0 Å². The Kier molecular flexibility index (Phi) is 4.15. The molecule has 0 saturated carbocycles. The number of methoxy groups -OCH3 is 1. The van der Waals surface area contributed by atoms with Gasteiger partial charge in [-0.2, -0.15) is 0 Å². The van der Waals surface area contributed by atoms with Crippen LogP contribution in [0.5, 0.6) is 0 Å². The lowest BCUT2D eigenvalue weighted by molar-refractivity contribution is 0.0601. The molecule has 2 aromatic carbocycles. The Labute approximate surface area is 142 Å². The molecule has 0 aliphatic heterocycles. The van der Waals surface area contributed by atoms with Crippen LogP contribution in [0.3, 0.4) is 0 Å². The van der Waals surface area contributed by atoms with E-state index in [0.29, 0.717) is 22.0 Å². The normalized spacial score (nSPS) is 10.4. The summed E-state index contributed by atoms with van der Waals surface area (Å²) in [5.41, 5.74) is 1.73. The Hall–Kier alpha value is -2.97. The molecule has 0 saturated heterocycles. The number of ether oxygens (including phenoxy) is 1. The maximum absolute atomic E-state index is 14.4. The number of esters is 1. The second-order valence-corrected chi connectivity index (χ2v) is 5.39. The lowest BCUT2D eigenvalue weighted by Crippen LogP contribution is -2.01. The Morgan fingerprint density at radius 1 is 1.29 bits per heavy atom. The Balaban J connectivity index is 2.32. The fraction of sp³-hybridized carbons (Fsp3) is 0.0556. The van der Waals surface area contributed by atoms with Gasteiger partial charge in [-0.05, 0) is 24.3 Å². The molecule has 0 fully saturated rings. The first-order chi connectivity index (χ1) is 11.5. The number of carbonyl (C=O) groups excluding carboxylic acids is 1. The van der Waals surface area contributed by atoms with Crippen LogP contribution < -0.4 is 0 Å². The summed E-state index contributed by atoms with van der Waals surface area (Å²) in [6.45, 7) is 6.96. The van der Waals surface area contributed by atoms with Crippen molar-refractivity contribution in [2.75, 3.05) is 7.11 Å². The molecule has 0 aliphatic carbocycles. The molecule has 0 N–H and O–H groups in total. The van der Waals surface area contributed by atoms with Crippen LogP contribution in [0, 0.1) is 12.4 Å². The highest BCUT2D eigenvalue weighted by Crippen LogP contribution is 2.37. The van der Waals surface area contributed by atoms with Crippen LogP contribution >= 0.6 is 11.6 Å². The number of rotatable bonds is 2. The molecule has 3 rings (SSSR count). The predicted molar refractivity (Wildman–Crippen MR) is 89.7 cm³/mol. The van der Waals surface area contributed by atoms with Crippen LogP contribution in [-0.4, -0.2) is 18.1 Å². The molecule has 0 unspecified atom stereocenters. The lowest BCUT2D eigenvalue weighted by atomic mass is 9.99. The van der Waals surface area contributed by atoms with E-state index in [9.17, 15) is 9.18 Å². The Bertz CT molecular complexity index is 1010. The van der Waals surface area contributed by atoms with Crippen molar-refractivity contribution in [1.82, 2.24) is 4.98 Å². The van der Waals surface area contributed by atoms with Gasteiger partial charge in [0, 0.05) is 22.7 Å². The number of benzene rings is 2. The van der Waals surface area contributed by atoms with Crippen molar-refractivity contribution in [3.63, 3.8) is 0 Å². The predicted octanol–water partition coefficient (Wildman–Crippen LogP) is 5.03. The number of aromatic nitrogens is 1. The smallest absolute Gasteiger partial charge is 0.337 e. The molecule has 1 heterocycles. The molecule has 0 atom stereocenters. The summed E-state index contributed by atoms with van der Waals surface area (Å²) in [5, 5.41) is 0.777. The van der Waals surface area contributed by atoms with E-state index >= 15 is 0 Å². The summed E-state index contributed by atoms with van der Waals surface area (Å²) in [6.07, 6.45) is 1.43. The fourth-order valence-corrected chi connectivity index (χ4v) is 2.72. The third-order valence-corrected chi connectivity index (χ3v) is 3.88. The Morgan fingerprint density at radius 3 is 2.75 bits per heavy atom. The minimum absolute atomic E-state index is 0.195. The molecule has 0 aliphatic rings. The minimum atomic E-state index is -0.568. The number of carbonyl (C=O) groups is 1. The number of fused-ring (bicyclic) bond motifs is 1. The molecule has 0 spiro atoms. The molecule has 4 nitrogen and oxygen atoms in total. The van der Waals surface area contributed by atoms with Crippen LogP contribution in [-0.2, 0) is 4.74 Å². The van der Waals surface area contributed by atoms with Gasteiger partial charge in [-0.1, -0.05) is 23.7 Å². The van der Waals surface area contributed by atoms with Gasteiger partial charge in [-0.25, -0.2) is 14.0 Å². The van der Waals surface area contributed by atoms with Gasteiger partial charge in [0.05, 0.1) is 29.8 Å². The van der Waals surface area contributed by atoms with Crippen molar-refractivity contribution < 1.29 is 13.9 Å². The molecule has 6 heteroatoms.